The number of amides is 1. The molecule has 1 aromatic heterocycles. The van der Waals surface area contributed by atoms with E-state index in [1.54, 1.807) is 0 Å². The van der Waals surface area contributed by atoms with Crippen LogP contribution in [0.2, 0.25) is 5.02 Å². The van der Waals surface area contributed by atoms with Crippen molar-refractivity contribution in [1.82, 2.24) is 5.32 Å². The number of carbonyl (C=O) groups is 2. The zero-order chi connectivity index (χ0) is 17.9. The smallest absolute Gasteiger partial charge is 0.371 e. The van der Waals surface area contributed by atoms with Crippen molar-refractivity contribution in [3.63, 3.8) is 0 Å². The Morgan fingerprint density at radius 3 is 2.44 bits per heavy atom. The predicted molar refractivity (Wildman–Crippen MR) is 91.2 cm³/mol. The van der Waals surface area contributed by atoms with E-state index in [2.05, 4.69) is 5.32 Å². The molecule has 132 valence electrons. The van der Waals surface area contributed by atoms with E-state index in [0.29, 0.717) is 24.8 Å². The molecule has 6 nitrogen and oxygen atoms in total. The van der Waals surface area contributed by atoms with Gasteiger partial charge in [0.2, 0.25) is 5.76 Å². The van der Waals surface area contributed by atoms with Crippen molar-refractivity contribution in [3.05, 3.63) is 58.5 Å². The van der Waals surface area contributed by atoms with Crippen LogP contribution in [0.5, 0.6) is 0 Å². The Morgan fingerprint density at radius 2 is 1.80 bits per heavy atom. The van der Waals surface area contributed by atoms with Crippen molar-refractivity contribution in [2.24, 2.45) is 0 Å². The van der Waals surface area contributed by atoms with E-state index in [9.17, 15) is 9.59 Å². The van der Waals surface area contributed by atoms with Crippen LogP contribution in [-0.4, -0.2) is 36.7 Å². The largest absolute Gasteiger partial charge is 0.475 e. The first-order valence-corrected chi connectivity index (χ1v) is 8.34. The van der Waals surface area contributed by atoms with Crippen LogP contribution < -0.4 is 5.32 Å². The van der Waals surface area contributed by atoms with Gasteiger partial charge in [0.15, 0.2) is 5.76 Å². The highest BCUT2D eigenvalue weighted by atomic mass is 35.5. The van der Waals surface area contributed by atoms with E-state index < -0.39 is 11.9 Å². The average molecular weight is 364 g/mol. The topological polar surface area (TPSA) is 88.8 Å². The second-order valence-corrected chi connectivity index (χ2v) is 6.43. The Bertz CT molecular complexity index is 779. The molecule has 1 saturated heterocycles. The summed E-state index contributed by atoms with van der Waals surface area (Å²) in [6.45, 7) is 1.54. The molecule has 0 atom stereocenters. The van der Waals surface area contributed by atoms with Crippen molar-refractivity contribution in [2.75, 3.05) is 19.8 Å². The number of aromatic carboxylic acids is 1. The number of carboxylic acid groups (broad SMARTS) is 1. The van der Waals surface area contributed by atoms with Gasteiger partial charge in [0.05, 0.1) is 0 Å². The zero-order valence-electron chi connectivity index (χ0n) is 13.5. The molecule has 0 saturated carbocycles. The van der Waals surface area contributed by atoms with E-state index in [-0.39, 0.29) is 16.9 Å². The molecule has 1 aromatic carbocycles. The molecule has 25 heavy (non-hydrogen) atoms. The van der Waals surface area contributed by atoms with E-state index in [4.69, 9.17) is 25.9 Å². The molecular formula is C18H18ClNO5. The van der Waals surface area contributed by atoms with Gasteiger partial charge in [0, 0.05) is 30.2 Å². The standard InChI is InChI=1S/C18H18ClNO5/c19-13-4-2-1-3-12(13)18(7-9-24-10-8-18)11-20-16(21)14-5-6-15(25-14)17(22)23/h1-6H,7-11H2,(H,20,21)(H,22,23). The van der Waals surface area contributed by atoms with Crippen molar-refractivity contribution < 1.29 is 23.8 Å². The van der Waals surface area contributed by atoms with Crippen molar-refractivity contribution in [2.45, 2.75) is 18.3 Å². The van der Waals surface area contributed by atoms with Crippen LogP contribution in [0.1, 0.15) is 39.5 Å². The molecule has 2 heterocycles. The molecule has 2 N–H and O–H groups in total. The van der Waals surface area contributed by atoms with Gasteiger partial charge in [-0.2, -0.15) is 0 Å². The number of hydrogen-bond donors (Lipinski definition) is 2. The molecule has 7 heteroatoms. The number of nitrogens with one attached hydrogen (secondary N) is 1. The van der Waals surface area contributed by atoms with Crippen LogP contribution in [0.4, 0.5) is 0 Å². The Morgan fingerprint density at radius 1 is 1.12 bits per heavy atom. The van der Waals surface area contributed by atoms with Gasteiger partial charge in [0.25, 0.3) is 5.91 Å². The SMILES string of the molecule is O=C(O)c1ccc(C(=O)NCC2(c3ccccc3Cl)CCOCC2)o1. The fraction of sp³-hybridized carbons (Fsp3) is 0.333. The number of halogens is 1. The molecule has 0 radical (unpaired) electrons. The van der Waals surface area contributed by atoms with Crippen LogP contribution in [0.25, 0.3) is 0 Å². The van der Waals surface area contributed by atoms with Gasteiger partial charge in [-0.05, 0) is 36.6 Å². The highest BCUT2D eigenvalue weighted by Crippen LogP contribution is 2.38. The maximum absolute atomic E-state index is 12.3. The summed E-state index contributed by atoms with van der Waals surface area (Å²) in [4.78, 5) is 23.2. The molecule has 1 amide bonds. The maximum Gasteiger partial charge on any atom is 0.371 e. The molecular weight excluding hydrogens is 346 g/mol. The lowest BCUT2D eigenvalue weighted by Gasteiger charge is -2.38. The summed E-state index contributed by atoms with van der Waals surface area (Å²) >= 11 is 6.38. The predicted octanol–water partition coefficient (Wildman–Crippen LogP) is 3.11. The highest BCUT2D eigenvalue weighted by Gasteiger charge is 2.36. The molecule has 2 aromatic rings. The molecule has 0 aliphatic carbocycles. The lowest BCUT2D eigenvalue weighted by molar-refractivity contribution is 0.0484. The number of hydrogen-bond acceptors (Lipinski definition) is 4. The van der Waals surface area contributed by atoms with Crippen LogP contribution in [0.15, 0.2) is 40.8 Å². The first-order valence-electron chi connectivity index (χ1n) is 7.96. The third-order valence-corrected chi connectivity index (χ3v) is 4.85. The normalized spacial score (nSPS) is 16.4. The highest BCUT2D eigenvalue weighted by molar-refractivity contribution is 6.31. The van der Waals surface area contributed by atoms with Gasteiger partial charge < -0.3 is 19.6 Å². The van der Waals surface area contributed by atoms with Crippen molar-refractivity contribution >= 4 is 23.5 Å². The van der Waals surface area contributed by atoms with Crippen molar-refractivity contribution in [3.8, 4) is 0 Å². The van der Waals surface area contributed by atoms with E-state index in [1.807, 2.05) is 24.3 Å². The van der Waals surface area contributed by atoms with Gasteiger partial charge in [-0.25, -0.2) is 4.79 Å². The summed E-state index contributed by atoms with van der Waals surface area (Å²) in [5.74, 6) is -1.96. The number of carbonyl (C=O) groups excluding carboxylic acids is 1. The molecule has 0 unspecified atom stereocenters. The summed E-state index contributed by atoms with van der Waals surface area (Å²) < 4.78 is 10.5. The van der Waals surface area contributed by atoms with Crippen LogP contribution >= 0.6 is 11.6 Å². The second kappa shape index (κ2) is 7.29. The van der Waals surface area contributed by atoms with Crippen molar-refractivity contribution in [1.29, 1.82) is 0 Å². The molecule has 0 spiro atoms. The summed E-state index contributed by atoms with van der Waals surface area (Å²) in [6.07, 6.45) is 1.46. The van der Waals surface area contributed by atoms with Gasteiger partial charge in [-0.3, -0.25) is 4.79 Å². The molecule has 1 aliphatic rings. The molecule has 1 fully saturated rings. The lowest BCUT2D eigenvalue weighted by Crippen LogP contribution is -2.44. The maximum atomic E-state index is 12.3. The van der Waals surface area contributed by atoms with E-state index >= 15 is 0 Å². The summed E-state index contributed by atoms with van der Waals surface area (Å²) in [6, 6.07) is 10.2. The fourth-order valence-electron chi connectivity index (χ4n) is 3.11. The number of rotatable bonds is 5. The van der Waals surface area contributed by atoms with Gasteiger partial charge in [-0.15, -0.1) is 0 Å². The van der Waals surface area contributed by atoms with Gasteiger partial charge >= 0.3 is 5.97 Å². The first-order chi connectivity index (χ1) is 12.0. The Kier molecular flexibility index (Phi) is 5.11. The number of benzene rings is 1. The Labute approximate surface area is 149 Å². The minimum Gasteiger partial charge on any atom is -0.475 e. The molecule has 0 bridgehead atoms. The summed E-state index contributed by atoms with van der Waals surface area (Å²) in [7, 11) is 0. The number of ether oxygens (including phenoxy) is 1. The van der Waals surface area contributed by atoms with E-state index in [1.165, 1.54) is 12.1 Å². The summed E-state index contributed by atoms with van der Waals surface area (Å²) in [5, 5.41) is 12.4. The van der Waals surface area contributed by atoms with Crippen LogP contribution in [0.3, 0.4) is 0 Å². The third kappa shape index (κ3) is 3.70. The number of carboxylic acids is 1. The van der Waals surface area contributed by atoms with Crippen LogP contribution in [0, 0.1) is 0 Å². The average Bonchev–Trinajstić information content (AvgIpc) is 3.11. The minimum atomic E-state index is -1.21. The zero-order valence-corrected chi connectivity index (χ0v) is 14.2. The molecule has 3 rings (SSSR count). The second-order valence-electron chi connectivity index (χ2n) is 6.02. The summed E-state index contributed by atoms with van der Waals surface area (Å²) in [5.41, 5.74) is 0.653. The Balaban J connectivity index is 1.78. The van der Waals surface area contributed by atoms with E-state index in [0.717, 1.165) is 18.4 Å². The Hall–Kier alpha value is -2.31. The monoisotopic (exact) mass is 363 g/mol. The lowest BCUT2D eigenvalue weighted by atomic mass is 9.74. The van der Waals surface area contributed by atoms with Gasteiger partial charge in [0.1, 0.15) is 0 Å². The number of furan rings is 1. The molecule has 1 aliphatic heterocycles. The fourth-order valence-corrected chi connectivity index (χ4v) is 3.44. The third-order valence-electron chi connectivity index (χ3n) is 4.52. The van der Waals surface area contributed by atoms with Gasteiger partial charge in [-0.1, -0.05) is 29.8 Å². The minimum absolute atomic E-state index is 0.0289. The quantitative estimate of drug-likeness (QED) is 0.852. The van der Waals surface area contributed by atoms with Crippen LogP contribution in [-0.2, 0) is 10.2 Å². The first kappa shape index (κ1) is 17.5.